The summed E-state index contributed by atoms with van der Waals surface area (Å²) in [6.07, 6.45) is 1.30. The lowest BCUT2D eigenvalue weighted by atomic mass is 9.76. The number of carboxylic acid groups (broad SMARTS) is 1. The minimum atomic E-state index is -1.11. The van der Waals surface area contributed by atoms with Crippen LogP contribution in [-0.2, 0) is 9.59 Å². The lowest BCUT2D eigenvalue weighted by molar-refractivity contribution is -0.153. The van der Waals surface area contributed by atoms with Crippen molar-refractivity contribution in [3.8, 4) is 0 Å². The van der Waals surface area contributed by atoms with Crippen molar-refractivity contribution in [3.63, 3.8) is 0 Å². The van der Waals surface area contributed by atoms with Gasteiger partial charge in [0.1, 0.15) is 5.15 Å². The molecule has 110 valence electrons. The molecule has 0 fully saturated rings. The Bertz CT molecular complexity index is 536. The number of amides is 1. The zero-order valence-electron chi connectivity index (χ0n) is 11.4. The maximum Gasteiger partial charge on any atom is 0.310 e. The number of nitrogens with zero attached hydrogens (tertiary/aromatic N) is 1. The van der Waals surface area contributed by atoms with Crippen LogP contribution in [0.4, 0.5) is 5.69 Å². The van der Waals surface area contributed by atoms with E-state index in [-0.39, 0.29) is 18.2 Å². The molecule has 1 rings (SSSR count). The van der Waals surface area contributed by atoms with Crippen LogP contribution >= 0.6 is 27.5 Å². The molecule has 1 heterocycles. The highest BCUT2D eigenvalue weighted by atomic mass is 79.9. The standard InChI is InChI=1S/C13H16BrClN2O3/c1-7(2)13(3,12(19)20)5-10(18)17-8-4-9(14)11(15)16-6-8/h4,6-7H,5H2,1-3H3,(H,17,18)(H,19,20). The molecule has 0 saturated heterocycles. The third-order valence-corrected chi connectivity index (χ3v) is 4.50. The summed E-state index contributed by atoms with van der Waals surface area (Å²) >= 11 is 8.96. The van der Waals surface area contributed by atoms with E-state index in [1.165, 1.54) is 6.20 Å². The first-order valence-electron chi connectivity index (χ1n) is 6.01. The fourth-order valence-corrected chi connectivity index (χ4v) is 2.01. The molecule has 1 unspecified atom stereocenters. The molecule has 7 heteroatoms. The van der Waals surface area contributed by atoms with Crippen LogP contribution in [-0.4, -0.2) is 22.0 Å². The van der Waals surface area contributed by atoms with Gasteiger partial charge >= 0.3 is 5.97 Å². The molecule has 0 spiro atoms. The van der Waals surface area contributed by atoms with Gasteiger partial charge in [0, 0.05) is 6.42 Å². The van der Waals surface area contributed by atoms with E-state index in [1.54, 1.807) is 26.8 Å². The summed E-state index contributed by atoms with van der Waals surface area (Å²) in [7, 11) is 0. The summed E-state index contributed by atoms with van der Waals surface area (Å²) in [4.78, 5) is 27.2. The molecule has 1 aromatic rings. The van der Waals surface area contributed by atoms with Crippen molar-refractivity contribution in [1.29, 1.82) is 0 Å². The van der Waals surface area contributed by atoms with Gasteiger partial charge in [-0.3, -0.25) is 9.59 Å². The minimum absolute atomic E-state index is 0.111. The SMILES string of the molecule is CC(C)C(C)(CC(=O)Nc1cnc(Cl)c(Br)c1)C(=O)O. The van der Waals surface area contributed by atoms with E-state index in [0.717, 1.165) is 0 Å². The molecule has 0 aliphatic rings. The largest absolute Gasteiger partial charge is 0.481 e. The van der Waals surface area contributed by atoms with Crippen molar-refractivity contribution in [2.75, 3.05) is 5.32 Å². The first-order valence-corrected chi connectivity index (χ1v) is 7.18. The van der Waals surface area contributed by atoms with E-state index < -0.39 is 11.4 Å². The van der Waals surface area contributed by atoms with E-state index in [0.29, 0.717) is 15.3 Å². The van der Waals surface area contributed by atoms with Crippen molar-refractivity contribution in [3.05, 3.63) is 21.9 Å². The third kappa shape index (κ3) is 3.93. The molecule has 20 heavy (non-hydrogen) atoms. The van der Waals surface area contributed by atoms with Gasteiger partial charge in [-0.15, -0.1) is 0 Å². The van der Waals surface area contributed by atoms with Crippen LogP contribution in [0, 0.1) is 11.3 Å². The molecular weight excluding hydrogens is 348 g/mol. The van der Waals surface area contributed by atoms with Crippen LogP contribution in [0.1, 0.15) is 27.2 Å². The van der Waals surface area contributed by atoms with Crippen molar-refractivity contribution in [2.45, 2.75) is 27.2 Å². The number of anilines is 1. The van der Waals surface area contributed by atoms with E-state index >= 15 is 0 Å². The summed E-state index contributed by atoms with van der Waals surface area (Å²) < 4.78 is 0.557. The number of hydrogen-bond donors (Lipinski definition) is 2. The Morgan fingerprint density at radius 1 is 1.55 bits per heavy atom. The second kappa shape index (κ2) is 6.54. The number of hydrogen-bond acceptors (Lipinski definition) is 3. The zero-order valence-corrected chi connectivity index (χ0v) is 13.7. The number of pyridine rings is 1. The highest BCUT2D eigenvalue weighted by molar-refractivity contribution is 9.10. The Morgan fingerprint density at radius 2 is 2.15 bits per heavy atom. The number of nitrogens with one attached hydrogen (secondary N) is 1. The number of rotatable bonds is 5. The van der Waals surface area contributed by atoms with Crippen molar-refractivity contribution < 1.29 is 14.7 Å². The summed E-state index contributed by atoms with van der Waals surface area (Å²) in [5.74, 6) is -1.53. The third-order valence-electron chi connectivity index (χ3n) is 3.37. The maximum atomic E-state index is 12.0. The maximum absolute atomic E-state index is 12.0. The predicted molar refractivity (Wildman–Crippen MR) is 80.8 cm³/mol. The summed E-state index contributed by atoms with van der Waals surface area (Å²) in [5.41, 5.74) is -0.649. The average molecular weight is 364 g/mol. The van der Waals surface area contributed by atoms with Gasteiger partial charge in [-0.2, -0.15) is 0 Å². The summed E-state index contributed by atoms with van der Waals surface area (Å²) in [6, 6.07) is 1.61. The van der Waals surface area contributed by atoms with E-state index in [4.69, 9.17) is 11.6 Å². The Kier molecular flexibility index (Phi) is 5.53. The van der Waals surface area contributed by atoms with Crippen LogP contribution in [0.3, 0.4) is 0 Å². The Balaban J connectivity index is 2.81. The highest BCUT2D eigenvalue weighted by Gasteiger charge is 2.38. The molecule has 0 bridgehead atoms. The number of halogens is 2. The first-order chi connectivity index (χ1) is 9.16. The fraction of sp³-hybridized carbons (Fsp3) is 0.462. The Morgan fingerprint density at radius 3 is 2.60 bits per heavy atom. The number of aliphatic carboxylic acids is 1. The molecule has 0 aromatic carbocycles. The topological polar surface area (TPSA) is 79.3 Å². The van der Waals surface area contributed by atoms with Gasteiger partial charge in [0.05, 0.1) is 21.8 Å². The van der Waals surface area contributed by atoms with Crippen molar-refractivity contribution >= 4 is 45.1 Å². The average Bonchev–Trinajstić information content (AvgIpc) is 2.33. The molecule has 5 nitrogen and oxygen atoms in total. The fourth-order valence-electron chi connectivity index (χ4n) is 1.55. The Hall–Kier alpha value is -1.14. The second-order valence-corrected chi connectivity index (χ2v) is 6.31. The van der Waals surface area contributed by atoms with Gasteiger partial charge in [-0.05, 0) is 34.8 Å². The molecule has 2 N–H and O–H groups in total. The van der Waals surface area contributed by atoms with Gasteiger partial charge in [-0.25, -0.2) is 4.98 Å². The minimum Gasteiger partial charge on any atom is -0.481 e. The van der Waals surface area contributed by atoms with Crippen LogP contribution in [0.15, 0.2) is 16.7 Å². The number of aromatic nitrogens is 1. The van der Waals surface area contributed by atoms with E-state index in [2.05, 4.69) is 26.2 Å². The molecule has 1 aromatic heterocycles. The number of carbonyl (C=O) groups is 2. The van der Waals surface area contributed by atoms with Crippen LogP contribution < -0.4 is 5.32 Å². The van der Waals surface area contributed by atoms with Crippen LogP contribution in [0.2, 0.25) is 5.15 Å². The number of carbonyl (C=O) groups excluding carboxylic acids is 1. The normalized spacial score (nSPS) is 13.9. The first kappa shape index (κ1) is 16.9. The molecule has 1 amide bonds. The van der Waals surface area contributed by atoms with Crippen molar-refractivity contribution in [1.82, 2.24) is 4.98 Å². The predicted octanol–water partition coefficient (Wildman–Crippen LogP) is 3.57. The van der Waals surface area contributed by atoms with E-state index in [9.17, 15) is 14.7 Å². The molecule has 0 aliphatic heterocycles. The quantitative estimate of drug-likeness (QED) is 0.784. The van der Waals surface area contributed by atoms with Gasteiger partial charge < -0.3 is 10.4 Å². The highest BCUT2D eigenvalue weighted by Crippen LogP contribution is 2.32. The molecule has 0 radical (unpaired) electrons. The van der Waals surface area contributed by atoms with Crippen molar-refractivity contribution in [2.24, 2.45) is 11.3 Å². The molecule has 0 aliphatic carbocycles. The van der Waals surface area contributed by atoms with E-state index in [1.807, 2.05) is 0 Å². The van der Waals surface area contributed by atoms with Crippen LogP contribution in [0.5, 0.6) is 0 Å². The van der Waals surface area contributed by atoms with Gasteiger partial charge in [0.15, 0.2) is 0 Å². The lowest BCUT2D eigenvalue weighted by Gasteiger charge is -2.28. The van der Waals surface area contributed by atoms with Gasteiger partial charge in [0.2, 0.25) is 5.91 Å². The number of carboxylic acids is 1. The Labute approximate surface area is 130 Å². The summed E-state index contributed by atoms with van der Waals surface area (Å²) in [5, 5.41) is 12.2. The monoisotopic (exact) mass is 362 g/mol. The molecular formula is C13H16BrClN2O3. The van der Waals surface area contributed by atoms with Gasteiger partial charge in [-0.1, -0.05) is 25.4 Å². The lowest BCUT2D eigenvalue weighted by Crippen LogP contribution is -2.37. The zero-order chi connectivity index (χ0) is 15.5. The molecule has 1 atom stereocenters. The van der Waals surface area contributed by atoms with Gasteiger partial charge in [0.25, 0.3) is 0 Å². The molecule has 0 saturated carbocycles. The smallest absolute Gasteiger partial charge is 0.310 e. The van der Waals surface area contributed by atoms with Crippen LogP contribution in [0.25, 0.3) is 0 Å². The summed E-state index contributed by atoms with van der Waals surface area (Å²) in [6.45, 7) is 5.12. The second-order valence-electron chi connectivity index (χ2n) is 5.10.